The first-order valence-corrected chi connectivity index (χ1v) is 9.28. The Morgan fingerprint density at radius 3 is 1.81 bits per heavy atom. The molecule has 1 N–H and O–H groups in total. The van der Waals surface area contributed by atoms with Gasteiger partial charge in [-0.15, -0.1) is 0 Å². The number of unbranched alkanes of at least 4 members (excludes halogenated alkanes) is 2. The van der Waals surface area contributed by atoms with Gasteiger partial charge in [-0.1, -0.05) is 86.8 Å². The highest BCUT2D eigenvalue weighted by Gasteiger charge is 2.23. The van der Waals surface area contributed by atoms with E-state index in [9.17, 15) is 5.11 Å². The summed E-state index contributed by atoms with van der Waals surface area (Å²) in [5, 5.41) is 12.7. The molecule has 2 heteroatoms. The lowest BCUT2D eigenvalue weighted by Gasteiger charge is -2.27. The van der Waals surface area contributed by atoms with Crippen LogP contribution in [0.25, 0.3) is 0 Å². The number of aliphatic hydroxyl groups excluding tert-OH is 1. The maximum absolute atomic E-state index is 9.93. The predicted molar refractivity (Wildman–Crippen MR) is 94.1 cm³/mol. The van der Waals surface area contributed by atoms with Gasteiger partial charge in [-0.3, -0.25) is 0 Å². The maximum Gasteiger partial charge on any atom is 0.0504 e. The minimum absolute atomic E-state index is 0.277. The van der Waals surface area contributed by atoms with Crippen molar-refractivity contribution in [1.29, 1.82) is 0 Å². The zero-order valence-corrected chi connectivity index (χ0v) is 13.7. The number of hydrogen-bond donors (Lipinski definition) is 1. The van der Waals surface area contributed by atoms with Crippen molar-refractivity contribution in [2.45, 2.75) is 38.3 Å². The van der Waals surface area contributed by atoms with Crippen molar-refractivity contribution >= 4 is 18.5 Å². The predicted octanol–water partition coefficient (Wildman–Crippen LogP) is 4.06. The maximum atomic E-state index is 9.93. The van der Waals surface area contributed by atoms with E-state index in [0.717, 1.165) is 6.42 Å². The van der Waals surface area contributed by atoms with Gasteiger partial charge in [0.15, 0.2) is 0 Å². The molecule has 0 heterocycles. The molecule has 2 rings (SSSR count). The summed E-state index contributed by atoms with van der Waals surface area (Å²) in [7, 11) is -0.481. The first kappa shape index (κ1) is 16.2. The molecular weight excluding hydrogens is 275 g/mol. The number of benzene rings is 2. The molecule has 1 atom stereocenters. The molecule has 0 saturated heterocycles. The van der Waals surface area contributed by atoms with Crippen LogP contribution in [0.5, 0.6) is 0 Å². The van der Waals surface area contributed by atoms with Crippen LogP contribution in [0.1, 0.15) is 32.6 Å². The highest BCUT2D eigenvalue weighted by Crippen LogP contribution is 2.41. The Bertz CT molecular complexity index is 458. The van der Waals surface area contributed by atoms with E-state index >= 15 is 0 Å². The summed E-state index contributed by atoms with van der Waals surface area (Å²) in [5.74, 6) is 0. The fourth-order valence-electron chi connectivity index (χ4n) is 2.68. The van der Waals surface area contributed by atoms with Crippen LogP contribution in [0.3, 0.4) is 0 Å². The van der Waals surface area contributed by atoms with E-state index in [1.165, 1.54) is 29.9 Å². The first-order valence-electron chi connectivity index (χ1n) is 7.87. The molecule has 0 amide bonds. The van der Waals surface area contributed by atoms with Gasteiger partial charge in [0.25, 0.3) is 0 Å². The molecule has 2 aromatic carbocycles. The van der Waals surface area contributed by atoms with Gasteiger partial charge in [0.05, 0.1) is 6.61 Å². The second-order valence-electron chi connectivity index (χ2n) is 5.37. The Labute approximate surface area is 129 Å². The van der Waals surface area contributed by atoms with E-state index in [0.29, 0.717) is 5.66 Å². The molecule has 0 radical (unpaired) electrons. The molecule has 1 unspecified atom stereocenters. The number of hydrogen-bond acceptors (Lipinski definition) is 1. The number of aliphatic hydroxyl groups is 1. The Balaban J connectivity index is 2.27. The van der Waals surface area contributed by atoms with Crippen LogP contribution in [0.15, 0.2) is 60.7 Å². The van der Waals surface area contributed by atoms with Gasteiger partial charge in [0.2, 0.25) is 0 Å². The molecule has 21 heavy (non-hydrogen) atoms. The molecule has 0 spiro atoms. The first-order chi connectivity index (χ1) is 10.4. The summed E-state index contributed by atoms with van der Waals surface area (Å²) < 4.78 is 0. The van der Waals surface area contributed by atoms with Crippen LogP contribution in [0, 0.1) is 0 Å². The summed E-state index contributed by atoms with van der Waals surface area (Å²) >= 11 is 0. The topological polar surface area (TPSA) is 20.2 Å². The Morgan fingerprint density at radius 2 is 1.38 bits per heavy atom. The van der Waals surface area contributed by atoms with E-state index in [2.05, 4.69) is 67.6 Å². The Kier molecular flexibility index (Phi) is 6.92. The van der Waals surface area contributed by atoms with E-state index < -0.39 is 7.92 Å². The summed E-state index contributed by atoms with van der Waals surface area (Å²) in [6.45, 7) is 2.50. The van der Waals surface area contributed by atoms with Gasteiger partial charge in [0.1, 0.15) is 0 Å². The Morgan fingerprint density at radius 1 is 0.857 bits per heavy atom. The van der Waals surface area contributed by atoms with Gasteiger partial charge in [-0.2, -0.15) is 0 Å². The van der Waals surface area contributed by atoms with Crippen LogP contribution in [-0.4, -0.2) is 17.4 Å². The molecular formula is C19H25OP. The standard InChI is InChI=1S/C19H25OP/c1-2-3-6-15-19(16-20)21(17-11-7-4-8-12-17)18-13-9-5-10-14-18/h4-5,7-14,19-20H,2-3,6,15-16H2,1H3. The van der Waals surface area contributed by atoms with Gasteiger partial charge in [0, 0.05) is 5.66 Å². The van der Waals surface area contributed by atoms with Gasteiger partial charge in [-0.05, 0) is 25.0 Å². The zero-order valence-electron chi connectivity index (χ0n) is 12.8. The third-order valence-electron chi connectivity index (χ3n) is 3.79. The minimum Gasteiger partial charge on any atom is -0.396 e. The molecule has 0 bridgehead atoms. The quantitative estimate of drug-likeness (QED) is 0.576. The van der Waals surface area contributed by atoms with Crippen molar-refractivity contribution in [2.24, 2.45) is 0 Å². The SMILES string of the molecule is CCCCCC(CO)P(c1ccccc1)c1ccccc1. The average Bonchev–Trinajstić information content (AvgIpc) is 2.56. The second-order valence-corrected chi connectivity index (χ2v) is 7.88. The summed E-state index contributed by atoms with van der Waals surface area (Å²) in [5.41, 5.74) is 0.358. The monoisotopic (exact) mass is 300 g/mol. The van der Waals surface area contributed by atoms with E-state index in [-0.39, 0.29) is 6.61 Å². The van der Waals surface area contributed by atoms with Gasteiger partial charge >= 0.3 is 0 Å². The van der Waals surface area contributed by atoms with Gasteiger partial charge < -0.3 is 5.11 Å². The summed E-state index contributed by atoms with van der Waals surface area (Å²) in [4.78, 5) is 0. The molecule has 2 aromatic rings. The highest BCUT2D eigenvalue weighted by molar-refractivity contribution is 7.73. The smallest absolute Gasteiger partial charge is 0.0504 e. The largest absolute Gasteiger partial charge is 0.396 e. The zero-order chi connectivity index (χ0) is 14.9. The third-order valence-corrected chi connectivity index (χ3v) is 6.65. The van der Waals surface area contributed by atoms with Crippen molar-refractivity contribution in [1.82, 2.24) is 0 Å². The Hall–Kier alpha value is -1.17. The fraction of sp³-hybridized carbons (Fsp3) is 0.368. The van der Waals surface area contributed by atoms with Gasteiger partial charge in [-0.25, -0.2) is 0 Å². The van der Waals surface area contributed by atoms with Crippen LogP contribution in [-0.2, 0) is 0 Å². The van der Waals surface area contributed by atoms with Crippen molar-refractivity contribution in [3.63, 3.8) is 0 Å². The van der Waals surface area contributed by atoms with Crippen LogP contribution >= 0.6 is 7.92 Å². The minimum atomic E-state index is -0.481. The lowest BCUT2D eigenvalue weighted by Crippen LogP contribution is -2.24. The lowest BCUT2D eigenvalue weighted by atomic mass is 10.1. The molecule has 0 saturated carbocycles. The second kappa shape index (κ2) is 8.97. The fourth-order valence-corrected chi connectivity index (χ4v) is 5.41. The van der Waals surface area contributed by atoms with Crippen molar-refractivity contribution in [3.8, 4) is 0 Å². The van der Waals surface area contributed by atoms with Crippen LogP contribution in [0.2, 0.25) is 0 Å². The lowest BCUT2D eigenvalue weighted by molar-refractivity contribution is 0.287. The average molecular weight is 300 g/mol. The van der Waals surface area contributed by atoms with E-state index in [1.54, 1.807) is 0 Å². The summed E-state index contributed by atoms with van der Waals surface area (Å²) in [6, 6.07) is 21.4. The third kappa shape index (κ3) is 4.66. The molecule has 1 nitrogen and oxygen atoms in total. The van der Waals surface area contributed by atoms with Crippen molar-refractivity contribution in [2.75, 3.05) is 6.61 Å². The summed E-state index contributed by atoms with van der Waals surface area (Å²) in [6.07, 6.45) is 4.80. The van der Waals surface area contributed by atoms with Crippen LogP contribution in [0.4, 0.5) is 0 Å². The van der Waals surface area contributed by atoms with E-state index in [1.807, 2.05) is 0 Å². The van der Waals surface area contributed by atoms with E-state index in [4.69, 9.17) is 0 Å². The van der Waals surface area contributed by atoms with Crippen molar-refractivity contribution < 1.29 is 5.11 Å². The molecule has 0 aliphatic carbocycles. The van der Waals surface area contributed by atoms with Crippen molar-refractivity contribution in [3.05, 3.63) is 60.7 Å². The molecule has 0 aromatic heterocycles. The molecule has 112 valence electrons. The molecule has 0 aliphatic heterocycles. The highest BCUT2D eigenvalue weighted by atomic mass is 31.1. The normalized spacial score (nSPS) is 12.5. The molecule has 0 aliphatic rings. The van der Waals surface area contributed by atoms with Crippen LogP contribution < -0.4 is 10.6 Å². The number of rotatable bonds is 8. The molecule has 0 fully saturated rings.